The Morgan fingerprint density at radius 2 is 2.00 bits per heavy atom. The van der Waals surface area contributed by atoms with E-state index in [4.69, 9.17) is 15.9 Å². The van der Waals surface area contributed by atoms with Crippen LogP contribution in [-0.4, -0.2) is 29.1 Å². The Balaban J connectivity index is 0.00000264. The number of hydrogen-bond acceptors (Lipinski definition) is 3. The SMILES string of the molecule is Cl.N=C(N)NCCCCCCOc1ccccc1-c1ncc[nH]1. The second-order valence-corrected chi connectivity index (χ2v) is 5.04. The summed E-state index contributed by atoms with van der Waals surface area (Å²) in [6.45, 7) is 1.45. The normalized spacial score (nSPS) is 9.91. The maximum absolute atomic E-state index is 7.05. The molecule has 1 aromatic heterocycles. The maximum atomic E-state index is 7.05. The van der Waals surface area contributed by atoms with Crippen molar-refractivity contribution in [2.45, 2.75) is 25.7 Å². The number of halogens is 1. The minimum absolute atomic E-state index is 0. The number of imidazole rings is 1. The lowest BCUT2D eigenvalue weighted by Gasteiger charge is -2.10. The van der Waals surface area contributed by atoms with Crippen LogP contribution in [0.3, 0.4) is 0 Å². The number of para-hydroxylation sites is 1. The first-order valence-corrected chi connectivity index (χ1v) is 7.57. The number of rotatable bonds is 9. The van der Waals surface area contributed by atoms with Gasteiger partial charge in [0.15, 0.2) is 5.96 Å². The van der Waals surface area contributed by atoms with Crippen LogP contribution in [-0.2, 0) is 0 Å². The van der Waals surface area contributed by atoms with Crippen molar-refractivity contribution in [1.82, 2.24) is 15.3 Å². The molecule has 0 amide bonds. The monoisotopic (exact) mass is 337 g/mol. The molecule has 0 aliphatic heterocycles. The first kappa shape index (κ1) is 18.8. The van der Waals surface area contributed by atoms with Crippen molar-refractivity contribution in [3.63, 3.8) is 0 Å². The van der Waals surface area contributed by atoms with Crippen molar-refractivity contribution in [3.8, 4) is 17.1 Å². The molecule has 0 aliphatic carbocycles. The van der Waals surface area contributed by atoms with E-state index in [-0.39, 0.29) is 18.4 Å². The lowest BCUT2D eigenvalue weighted by atomic mass is 10.2. The average Bonchev–Trinajstić information content (AvgIpc) is 3.04. The zero-order chi connectivity index (χ0) is 15.6. The molecule has 23 heavy (non-hydrogen) atoms. The molecule has 0 atom stereocenters. The molecule has 1 aromatic carbocycles. The maximum Gasteiger partial charge on any atom is 0.185 e. The number of aromatic nitrogens is 2. The van der Waals surface area contributed by atoms with E-state index in [9.17, 15) is 0 Å². The van der Waals surface area contributed by atoms with Gasteiger partial charge >= 0.3 is 0 Å². The molecular weight excluding hydrogens is 314 g/mol. The number of guanidine groups is 1. The van der Waals surface area contributed by atoms with Gasteiger partial charge in [0.05, 0.1) is 12.2 Å². The Labute approximate surface area is 142 Å². The van der Waals surface area contributed by atoms with E-state index in [2.05, 4.69) is 15.3 Å². The fourth-order valence-electron chi connectivity index (χ4n) is 2.19. The molecule has 1 heterocycles. The molecule has 0 aliphatic rings. The quantitative estimate of drug-likeness (QED) is 0.321. The number of ether oxygens (including phenoxy) is 1. The molecule has 0 spiro atoms. The fraction of sp³-hybridized carbons (Fsp3) is 0.375. The standard InChI is InChI=1S/C16H23N5O.ClH/c17-16(18)21-9-5-1-2-6-12-22-14-8-4-3-7-13(14)15-19-10-11-20-15;/h3-4,7-8,10-11H,1-2,5-6,9,12H2,(H,19,20)(H4,17,18,21);1H. The first-order chi connectivity index (χ1) is 10.8. The second-order valence-electron chi connectivity index (χ2n) is 5.04. The Morgan fingerprint density at radius 3 is 2.74 bits per heavy atom. The molecule has 0 saturated heterocycles. The number of aromatic amines is 1. The number of nitrogens with zero attached hydrogens (tertiary/aromatic N) is 1. The van der Waals surface area contributed by atoms with Crippen LogP contribution >= 0.6 is 12.4 Å². The molecule has 2 aromatic rings. The van der Waals surface area contributed by atoms with E-state index in [0.29, 0.717) is 6.61 Å². The molecular formula is C16H24ClN5O. The molecule has 2 rings (SSSR count). The Bertz CT molecular complexity index is 574. The van der Waals surface area contributed by atoms with Crippen LogP contribution in [0.15, 0.2) is 36.7 Å². The Hall–Kier alpha value is -2.21. The third-order valence-electron chi connectivity index (χ3n) is 3.28. The average molecular weight is 338 g/mol. The van der Waals surface area contributed by atoms with Crippen LogP contribution in [0.1, 0.15) is 25.7 Å². The molecule has 7 heteroatoms. The summed E-state index contributed by atoms with van der Waals surface area (Å²) in [7, 11) is 0. The van der Waals surface area contributed by atoms with E-state index in [0.717, 1.165) is 49.4 Å². The molecule has 0 unspecified atom stereocenters. The number of benzene rings is 1. The van der Waals surface area contributed by atoms with Crippen LogP contribution in [0.2, 0.25) is 0 Å². The van der Waals surface area contributed by atoms with E-state index in [1.54, 1.807) is 12.4 Å². The van der Waals surface area contributed by atoms with Crippen molar-refractivity contribution in [2.24, 2.45) is 5.73 Å². The highest BCUT2D eigenvalue weighted by atomic mass is 35.5. The summed E-state index contributed by atoms with van der Waals surface area (Å²) in [6.07, 6.45) is 7.77. The fourth-order valence-corrected chi connectivity index (χ4v) is 2.19. The summed E-state index contributed by atoms with van der Waals surface area (Å²) < 4.78 is 5.88. The number of hydrogen-bond donors (Lipinski definition) is 4. The number of unbranched alkanes of at least 4 members (excludes halogenated alkanes) is 3. The third-order valence-corrected chi connectivity index (χ3v) is 3.28. The van der Waals surface area contributed by atoms with Crippen LogP contribution in [0.4, 0.5) is 0 Å². The lowest BCUT2D eigenvalue weighted by Crippen LogP contribution is -2.30. The van der Waals surface area contributed by atoms with Gasteiger partial charge in [-0.3, -0.25) is 5.41 Å². The highest BCUT2D eigenvalue weighted by Gasteiger charge is 2.07. The van der Waals surface area contributed by atoms with Crippen molar-refractivity contribution in [3.05, 3.63) is 36.7 Å². The first-order valence-electron chi connectivity index (χ1n) is 7.57. The van der Waals surface area contributed by atoms with Gasteiger partial charge in [0.1, 0.15) is 11.6 Å². The van der Waals surface area contributed by atoms with Crippen molar-refractivity contribution < 1.29 is 4.74 Å². The Kier molecular flexibility index (Phi) is 8.60. The van der Waals surface area contributed by atoms with E-state index in [1.807, 2.05) is 24.3 Å². The van der Waals surface area contributed by atoms with E-state index >= 15 is 0 Å². The van der Waals surface area contributed by atoms with Crippen LogP contribution in [0.25, 0.3) is 11.4 Å². The highest BCUT2D eigenvalue weighted by Crippen LogP contribution is 2.27. The number of H-pyrrole nitrogens is 1. The summed E-state index contributed by atoms with van der Waals surface area (Å²) in [4.78, 5) is 7.37. The molecule has 5 N–H and O–H groups in total. The van der Waals surface area contributed by atoms with E-state index in [1.165, 1.54) is 0 Å². The van der Waals surface area contributed by atoms with Gasteiger partial charge in [-0.2, -0.15) is 0 Å². The van der Waals surface area contributed by atoms with Crippen molar-refractivity contribution in [2.75, 3.05) is 13.2 Å². The summed E-state index contributed by atoms with van der Waals surface area (Å²) in [5.74, 6) is 1.72. The van der Waals surface area contributed by atoms with Gasteiger partial charge in [-0.25, -0.2) is 4.98 Å². The summed E-state index contributed by atoms with van der Waals surface area (Å²) >= 11 is 0. The van der Waals surface area contributed by atoms with Crippen molar-refractivity contribution >= 4 is 18.4 Å². The predicted octanol–water partition coefficient (Wildman–Crippen LogP) is 2.92. The minimum Gasteiger partial charge on any atom is -0.493 e. The van der Waals surface area contributed by atoms with Crippen LogP contribution in [0.5, 0.6) is 5.75 Å². The second kappa shape index (κ2) is 10.5. The zero-order valence-corrected chi connectivity index (χ0v) is 13.9. The van der Waals surface area contributed by atoms with Gasteiger partial charge in [-0.15, -0.1) is 12.4 Å². The van der Waals surface area contributed by atoms with Gasteiger partial charge in [-0.1, -0.05) is 25.0 Å². The molecule has 0 saturated carbocycles. The molecule has 0 radical (unpaired) electrons. The topological polar surface area (TPSA) is 99.8 Å². The van der Waals surface area contributed by atoms with Gasteiger partial charge in [0.2, 0.25) is 0 Å². The molecule has 6 nitrogen and oxygen atoms in total. The largest absolute Gasteiger partial charge is 0.493 e. The van der Waals surface area contributed by atoms with E-state index < -0.39 is 0 Å². The Morgan fingerprint density at radius 1 is 1.22 bits per heavy atom. The highest BCUT2D eigenvalue weighted by molar-refractivity contribution is 5.85. The van der Waals surface area contributed by atoms with Crippen LogP contribution in [0, 0.1) is 5.41 Å². The van der Waals surface area contributed by atoms with Gasteiger partial charge in [0, 0.05) is 18.9 Å². The number of nitrogens with one attached hydrogen (secondary N) is 3. The third kappa shape index (κ3) is 6.61. The van der Waals surface area contributed by atoms with Crippen molar-refractivity contribution in [1.29, 1.82) is 5.41 Å². The summed E-state index contributed by atoms with van der Waals surface area (Å²) in [6, 6.07) is 7.91. The van der Waals surface area contributed by atoms with Gasteiger partial charge in [0.25, 0.3) is 0 Å². The van der Waals surface area contributed by atoms with Gasteiger partial charge in [-0.05, 0) is 25.0 Å². The molecule has 0 fully saturated rings. The van der Waals surface area contributed by atoms with Gasteiger partial charge < -0.3 is 20.8 Å². The zero-order valence-electron chi connectivity index (χ0n) is 13.0. The predicted molar refractivity (Wildman–Crippen MR) is 95.2 cm³/mol. The summed E-state index contributed by atoms with van der Waals surface area (Å²) in [5.41, 5.74) is 6.20. The molecule has 0 bridgehead atoms. The number of nitrogens with two attached hydrogens (primary N) is 1. The minimum atomic E-state index is 0. The smallest absolute Gasteiger partial charge is 0.185 e. The summed E-state index contributed by atoms with van der Waals surface area (Å²) in [5, 5.41) is 9.86. The molecule has 126 valence electrons. The van der Waals surface area contributed by atoms with Crippen LogP contribution < -0.4 is 15.8 Å². The lowest BCUT2D eigenvalue weighted by molar-refractivity contribution is 0.305.